The molecule has 0 atom stereocenters. The van der Waals surface area contributed by atoms with Crippen molar-refractivity contribution in [3.05, 3.63) is 71.0 Å². The normalized spacial score (nSPS) is 11.2. The number of amides is 2. The minimum atomic E-state index is -4.36. The molecule has 128 valence electrons. The summed E-state index contributed by atoms with van der Waals surface area (Å²) in [6, 6.07) is 10.4. The second-order valence-electron chi connectivity index (χ2n) is 5.15. The highest BCUT2D eigenvalue weighted by molar-refractivity contribution is 5.73. The molecule has 0 radical (unpaired) electrons. The number of urea groups is 1. The molecule has 0 bridgehead atoms. The third kappa shape index (κ3) is 5.26. The van der Waals surface area contributed by atoms with Gasteiger partial charge in [-0.25, -0.2) is 9.18 Å². The number of alkyl halides is 3. The number of carbonyl (C=O) groups excluding carboxylic acids is 1. The van der Waals surface area contributed by atoms with Gasteiger partial charge in [-0.05, 0) is 30.2 Å². The van der Waals surface area contributed by atoms with Crippen molar-refractivity contribution >= 4 is 6.03 Å². The quantitative estimate of drug-likeness (QED) is 0.797. The van der Waals surface area contributed by atoms with E-state index >= 15 is 0 Å². The molecule has 0 aliphatic heterocycles. The first-order valence-corrected chi connectivity index (χ1v) is 7.27. The fraction of sp³-hybridized carbons (Fsp3) is 0.235. The van der Waals surface area contributed by atoms with E-state index in [1.807, 2.05) is 0 Å². The Hall–Kier alpha value is -2.57. The van der Waals surface area contributed by atoms with E-state index in [1.165, 1.54) is 18.2 Å². The smallest absolute Gasteiger partial charge is 0.338 e. The monoisotopic (exact) mass is 340 g/mol. The lowest BCUT2D eigenvalue weighted by Crippen LogP contribution is -2.36. The number of benzene rings is 2. The van der Waals surface area contributed by atoms with Crippen LogP contribution >= 0.6 is 0 Å². The van der Waals surface area contributed by atoms with Gasteiger partial charge in [-0.3, -0.25) is 0 Å². The van der Waals surface area contributed by atoms with E-state index in [4.69, 9.17) is 0 Å². The molecule has 2 amide bonds. The number of nitrogens with one attached hydrogen (secondary N) is 2. The highest BCUT2D eigenvalue weighted by atomic mass is 19.4. The van der Waals surface area contributed by atoms with Gasteiger partial charge < -0.3 is 10.6 Å². The summed E-state index contributed by atoms with van der Waals surface area (Å²) < 4.78 is 50.7. The minimum Gasteiger partial charge on any atom is -0.338 e. The molecular weight excluding hydrogens is 324 g/mol. The predicted octanol–water partition coefficient (Wildman–Crippen LogP) is 3.89. The van der Waals surface area contributed by atoms with E-state index in [2.05, 4.69) is 10.6 Å². The van der Waals surface area contributed by atoms with Crippen LogP contribution in [0.1, 0.15) is 16.7 Å². The highest BCUT2D eigenvalue weighted by Gasteiger charge is 2.29. The Kier molecular flexibility index (Phi) is 5.78. The van der Waals surface area contributed by atoms with Crippen LogP contribution in [0.4, 0.5) is 22.4 Å². The van der Waals surface area contributed by atoms with Gasteiger partial charge in [-0.15, -0.1) is 0 Å². The van der Waals surface area contributed by atoms with E-state index in [9.17, 15) is 22.4 Å². The van der Waals surface area contributed by atoms with Crippen LogP contribution in [-0.2, 0) is 19.1 Å². The molecule has 2 N–H and O–H groups in total. The first kappa shape index (κ1) is 17.8. The topological polar surface area (TPSA) is 41.1 Å². The van der Waals surface area contributed by atoms with Crippen LogP contribution in [0, 0.1) is 5.82 Å². The standard InChI is InChI=1S/C17H16F4N2O/c18-15-4-2-1-3-13(15)11-23-16(24)22-10-9-12-5-7-14(8-6-12)17(19,20)21/h1-8H,9-11H2,(H2,22,23,24). The van der Waals surface area contributed by atoms with E-state index in [0.29, 0.717) is 17.5 Å². The number of halogens is 4. The zero-order valence-electron chi connectivity index (χ0n) is 12.7. The van der Waals surface area contributed by atoms with E-state index in [-0.39, 0.29) is 13.1 Å². The Balaban J connectivity index is 1.74. The van der Waals surface area contributed by atoms with Gasteiger partial charge in [0.05, 0.1) is 5.56 Å². The van der Waals surface area contributed by atoms with Crippen molar-refractivity contribution in [2.75, 3.05) is 6.54 Å². The minimum absolute atomic E-state index is 0.0544. The lowest BCUT2D eigenvalue weighted by Gasteiger charge is -2.09. The van der Waals surface area contributed by atoms with Crippen molar-refractivity contribution in [2.45, 2.75) is 19.1 Å². The molecule has 2 aromatic rings. The average molecular weight is 340 g/mol. The van der Waals surface area contributed by atoms with Crippen LogP contribution in [0.3, 0.4) is 0 Å². The molecule has 3 nitrogen and oxygen atoms in total. The van der Waals surface area contributed by atoms with Gasteiger partial charge in [0, 0.05) is 18.7 Å². The van der Waals surface area contributed by atoms with Crippen molar-refractivity contribution in [2.24, 2.45) is 0 Å². The SMILES string of the molecule is O=C(NCCc1ccc(C(F)(F)F)cc1)NCc1ccccc1F. The lowest BCUT2D eigenvalue weighted by molar-refractivity contribution is -0.137. The first-order valence-electron chi connectivity index (χ1n) is 7.27. The molecule has 0 aliphatic rings. The molecule has 0 aliphatic carbocycles. The molecule has 2 aromatic carbocycles. The molecule has 0 unspecified atom stereocenters. The Morgan fingerprint density at radius 3 is 2.25 bits per heavy atom. The summed E-state index contributed by atoms with van der Waals surface area (Å²) in [5.74, 6) is -0.400. The van der Waals surface area contributed by atoms with Gasteiger partial charge in [0.15, 0.2) is 0 Å². The number of carbonyl (C=O) groups is 1. The zero-order valence-corrected chi connectivity index (χ0v) is 12.7. The molecule has 24 heavy (non-hydrogen) atoms. The summed E-state index contributed by atoms with van der Waals surface area (Å²) in [5.41, 5.74) is 0.342. The Labute approximate surface area is 136 Å². The van der Waals surface area contributed by atoms with Crippen LogP contribution in [0.2, 0.25) is 0 Å². The first-order chi connectivity index (χ1) is 11.4. The fourth-order valence-corrected chi connectivity index (χ4v) is 2.06. The third-order valence-electron chi connectivity index (χ3n) is 3.38. The molecule has 0 fully saturated rings. The van der Waals surface area contributed by atoms with Crippen molar-refractivity contribution in [3.8, 4) is 0 Å². The molecule has 7 heteroatoms. The number of hydrogen-bond acceptors (Lipinski definition) is 1. The summed E-state index contributed by atoms with van der Waals surface area (Å²) in [5, 5.41) is 5.09. The van der Waals surface area contributed by atoms with Crippen LogP contribution < -0.4 is 10.6 Å². The molecule has 2 rings (SSSR count). The molecule has 0 saturated carbocycles. The Morgan fingerprint density at radius 1 is 0.958 bits per heavy atom. The maximum absolute atomic E-state index is 13.4. The zero-order chi connectivity index (χ0) is 17.6. The van der Waals surface area contributed by atoms with Gasteiger partial charge in [0.2, 0.25) is 0 Å². The molecule has 0 saturated heterocycles. The van der Waals surface area contributed by atoms with Crippen molar-refractivity contribution in [1.82, 2.24) is 10.6 Å². The second kappa shape index (κ2) is 7.81. The summed E-state index contributed by atoms with van der Waals surface area (Å²) in [6.45, 7) is 0.313. The Bertz CT molecular complexity index is 684. The van der Waals surface area contributed by atoms with Crippen LogP contribution in [-0.4, -0.2) is 12.6 Å². The van der Waals surface area contributed by atoms with Crippen molar-refractivity contribution < 1.29 is 22.4 Å². The summed E-state index contributed by atoms with van der Waals surface area (Å²) in [4.78, 5) is 11.6. The average Bonchev–Trinajstić information content (AvgIpc) is 2.54. The largest absolute Gasteiger partial charge is 0.416 e. The molecule has 0 heterocycles. The molecule has 0 spiro atoms. The van der Waals surface area contributed by atoms with Gasteiger partial charge in [0.25, 0.3) is 0 Å². The van der Waals surface area contributed by atoms with Gasteiger partial charge >= 0.3 is 12.2 Å². The maximum atomic E-state index is 13.4. The van der Waals surface area contributed by atoms with E-state index in [1.54, 1.807) is 18.2 Å². The van der Waals surface area contributed by atoms with E-state index < -0.39 is 23.6 Å². The molecular formula is C17H16F4N2O. The number of rotatable bonds is 5. The predicted molar refractivity (Wildman–Crippen MR) is 81.8 cm³/mol. The summed E-state index contributed by atoms with van der Waals surface area (Å²) in [6.07, 6.45) is -3.96. The molecule has 0 aromatic heterocycles. The van der Waals surface area contributed by atoms with E-state index in [0.717, 1.165) is 12.1 Å². The highest BCUT2D eigenvalue weighted by Crippen LogP contribution is 2.29. The van der Waals surface area contributed by atoms with Crippen LogP contribution in [0.25, 0.3) is 0 Å². The summed E-state index contributed by atoms with van der Waals surface area (Å²) in [7, 11) is 0. The Morgan fingerprint density at radius 2 is 1.62 bits per heavy atom. The van der Waals surface area contributed by atoms with Crippen molar-refractivity contribution in [1.29, 1.82) is 0 Å². The fourth-order valence-electron chi connectivity index (χ4n) is 2.06. The van der Waals surface area contributed by atoms with Crippen LogP contribution in [0.15, 0.2) is 48.5 Å². The van der Waals surface area contributed by atoms with Gasteiger partial charge in [-0.2, -0.15) is 13.2 Å². The van der Waals surface area contributed by atoms with Gasteiger partial charge in [0.1, 0.15) is 5.82 Å². The number of hydrogen-bond donors (Lipinski definition) is 2. The van der Waals surface area contributed by atoms with Crippen LogP contribution in [0.5, 0.6) is 0 Å². The third-order valence-corrected chi connectivity index (χ3v) is 3.38. The second-order valence-corrected chi connectivity index (χ2v) is 5.15. The van der Waals surface area contributed by atoms with Gasteiger partial charge in [-0.1, -0.05) is 30.3 Å². The maximum Gasteiger partial charge on any atom is 0.416 e. The lowest BCUT2D eigenvalue weighted by atomic mass is 10.1. The van der Waals surface area contributed by atoms with Crippen molar-refractivity contribution in [3.63, 3.8) is 0 Å². The summed E-state index contributed by atoms with van der Waals surface area (Å²) >= 11 is 0.